The molecule has 0 atom stereocenters. The van der Waals surface area contributed by atoms with Crippen LogP contribution in [0, 0.1) is 0 Å². The average molecular weight is 274 g/mol. The predicted octanol–water partition coefficient (Wildman–Crippen LogP) is 4.81. The molecule has 1 nitrogen and oxygen atoms in total. The molecule has 19 heavy (non-hydrogen) atoms. The van der Waals surface area contributed by atoms with Crippen LogP contribution in [0.4, 0.5) is 0 Å². The van der Waals surface area contributed by atoms with Crippen LogP contribution in [0.2, 0.25) is 0 Å². The Morgan fingerprint density at radius 2 is 1.79 bits per heavy atom. The number of Topliss-reactive ketones (excluding diaryl/α,β-unsaturated/α-hetero) is 1. The van der Waals surface area contributed by atoms with Gasteiger partial charge in [-0.2, -0.15) is 11.8 Å². The first-order valence-corrected chi connectivity index (χ1v) is 8.63. The van der Waals surface area contributed by atoms with Gasteiger partial charge >= 0.3 is 0 Å². The molecule has 0 spiro atoms. The number of thioether (sulfide) groups is 1. The molecule has 0 bridgehead atoms. The molecule has 0 N–H and O–H groups in total. The van der Waals surface area contributed by atoms with Gasteiger partial charge in [-0.1, -0.05) is 43.5 Å². The molecule has 0 saturated heterocycles. The van der Waals surface area contributed by atoms with Gasteiger partial charge in [0.2, 0.25) is 0 Å². The molecule has 102 valence electrons. The van der Waals surface area contributed by atoms with Crippen molar-refractivity contribution in [3.63, 3.8) is 0 Å². The summed E-state index contributed by atoms with van der Waals surface area (Å²) in [5.74, 6) is 1.67. The van der Waals surface area contributed by atoms with Crippen molar-refractivity contribution in [2.45, 2.75) is 56.1 Å². The molecule has 2 saturated carbocycles. The van der Waals surface area contributed by atoms with Crippen molar-refractivity contribution >= 4 is 17.5 Å². The Morgan fingerprint density at radius 3 is 2.47 bits per heavy atom. The van der Waals surface area contributed by atoms with Crippen molar-refractivity contribution in [1.29, 1.82) is 0 Å². The van der Waals surface area contributed by atoms with E-state index in [1.807, 2.05) is 23.9 Å². The fourth-order valence-corrected chi connectivity index (χ4v) is 4.36. The summed E-state index contributed by atoms with van der Waals surface area (Å²) in [6, 6.07) is 8.28. The third kappa shape index (κ3) is 3.05. The van der Waals surface area contributed by atoms with Crippen molar-refractivity contribution in [1.82, 2.24) is 0 Å². The molecule has 1 aromatic carbocycles. The molecule has 0 aromatic heterocycles. The highest BCUT2D eigenvalue weighted by molar-refractivity contribution is 8.00. The highest BCUT2D eigenvalue weighted by Crippen LogP contribution is 2.38. The van der Waals surface area contributed by atoms with Gasteiger partial charge in [-0.05, 0) is 37.2 Å². The first kappa shape index (κ1) is 13.2. The first-order chi connectivity index (χ1) is 9.34. The van der Waals surface area contributed by atoms with E-state index in [9.17, 15) is 4.79 Å². The summed E-state index contributed by atoms with van der Waals surface area (Å²) in [5.41, 5.74) is 2.31. The number of ketones is 1. The van der Waals surface area contributed by atoms with Crippen molar-refractivity contribution in [2.75, 3.05) is 5.75 Å². The number of carbonyl (C=O) groups excluding carboxylic acids is 1. The Kier molecular flexibility index (Phi) is 4.27. The monoisotopic (exact) mass is 274 g/mol. The van der Waals surface area contributed by atoms with Crippen LogP contribution in [0.15, 0.2) is 24.3 Å². The zero-order chi connectivity index (χ0) is 13.1. The van der Waals surface area contributed by atoms with Crippen LogP contribution in [-0.4, -0.2) is 16.8 Å². The maximum absolute atomic E-state index is 12.4. The maximum atomic E-state index is 12.4. The molecular weight excluding hydrogens is 252 g/mol. The third-order valence-electron chi connectivity index (χ3n) is 4.56. The Balaban J connectivity index is 1.65. The van der Waals surface area contributed by atoms with Crippen LogP contribution >= 0.6 is 11.8 Å². The third-order valence-corrected chi connectivity index (χ3v) is 5.93. The highest BCUT2D eigenvalue weighted by atomic mass is 32.2. The second-order valence-corrected chi connectivity index (χ2v) is 7.14. The topological polar surface area (TPSA) is 17.1 Å². The van der Waals surface area contributed by atoms with Crippen LogP contribution in [0.25, 0.3) is 0 Å². The Morgan fingerprint density at radius 1 is 1.05 bits per heavy atom. The van der Waals surface area contributed by atoms with Crippen LogP contribution in [0.3, 0.4) is 0 Å². The van der Waals surface area contributed by atoms with E-state index in [0.717, 1.165) is 10.8 Å². The number of carbonyl (C=O) groups is 1. The van der Waals surface area contributed by atoms with Crippen molar-refractivity contribution in [2.24, 2.45) is 0 Å². The normalized spacial score (nSPS) is 20.4. The van der Waals surface area contributed by atoms with E-state index in [1.165, 1.54) is 50.5 Å². The molecule has 0 radical (unpaired) electrons. The van der Waals surface area contributed by atoms with Crippen LogP contribution < -0.4 is 0 Å². The van der Waals surface area contributed by atoms with E-state index in [0.29, 0.717) is 17.5 Å². The van der Waals surface area contributed by atoms with Gasteiger partial charge in [0.15, 0.2) is 5.78 Å². The number of rotatable bonds is 5. The van der Waals surface area contributed by atoms with Crippen molar-refractivity contribution in [3.8, 4) is 0 Å². The summed E-state index contributed by atoms with van der Waals surface area (Å²) in [6.07, 6.45) is 9.17. The summed E-state index contributed by atoms with van der Waals surface area (Å²) in [6.45, 7) is 0. The zero-order valence-corrected chi connectivity index (χ0v) is 12.3. The lowest BCUT2D eigenvalue weighted by Gasteiger charge is -2.27. The fraction of sp³-hybridized carbons (Fsp3) is 0.588. The summed E-state index contributed by atoms with van der Waals surface area (Å²) >= 11 is 1.88. The standard InChI is InChI=1S/C17H22OS/c18-17(12-19-14-8-1-2-9-14)16-11-4-3-10-15(16)13-6-5-7-13/h3-4,10-11,13-14H,1-2,5-9,12H2. The van der Waals surface area contributed by atoms with Crippen molar-refractivity contribution in [3.05, 3.63) is 35.4 Å². The van der Waals surface area contributed by atoms with E-state index in [4.69, 9.17) is 0 Å². The van der Waals surface area contributed by atoms with Gasteiger partial charge in [-0.25, -0.2) is 0 Å². The van der Waals surface area contributed by atoms with Crippen LogP contribution in [-0.2, 0) is 0 Å². The molecule has 2 fully saturated rings. The molecule has 0 amide bonds. The van der Waals surface area contributed by atoms with E-state index >= 15 is 0 Å². The molecule has 0 aliphatic heterocycles. The summed E-state index contributed by atoms with van der Waals surface area (Å²) in [5, 5.41) is 0.736. The second kappa shape index (κ2) is 6.13. The SMILES string of the molecule is O=C(CSC1CCCC1)c1ccccc1C1CCC1. The molecule has 0 heterocycles. The molecule has 2 heteroatoms. The summed E-state index contributed by atoms with van der Waals surface area (Å²) in [7, 11) is 0. The number of hydrogen-bond acceptors (Lipinski definition) is 2. The molecule has 1 aromatic rings. The fourth-order valence-electron chi connectivity index (χ4n) is 3.15. The number of hydrogen-bond donors (Lipinski definition) is 0. The Hall–Kier alpha value is -0.760. The van der Waals surface area contributed by atoms with Gasteiger partial charge in [-0.3, -0.25) is 4.79 Å². The van der Waals surface area contributed by atoms with E-state index in [1.54, 1.807) is 0 Å². The largest absolute Gasteiger partial charge is 0.293 e. The van der Waals surface area contributed by atoms with Gasteiger partial charge in [0.1, 0.15) is 0 Å². The van der Waals surface area contributed by atoms with E-state index in [2.05, 4.69) is 12.1 Å². The van der Waals surface area contributed by atoms with E-state index in [-0.39, 0.29) is 0 Å². The smallest absolute Gasteiger partial charge is 0.173 e. The van der Waals surface area contributed by atoms with Crippen LogP contribution in [0.5, 0.6) is 0 Å². The minimum absolute atomic E-state index is 0.347. The minimum atomic E-state index is 0.347. The molecule has 3 rings (SSSR count). The van der Waals surface area contributed by atoms with Gasteiger partial charge < -0.3 is 0 Å². The lowest BCUT2D eigenvalue weighted by molar-refractivity contribution is 0.102. The second-order valence-electron chi connectivity index (χ2n) is 5.86. The summed E-state index contributed by atoms with van der Waals surface area (Å²) in [4.78, 5) is 12.4. The Labute approximate surface area is 120 Å². The van der Waals surface area contributed by atoms with Crippen molar-refractivity contribution < 1.29 is 4.79 Å². The first-order valence-electron chi connectivity index (χ1n) is 7.58. The van der Waals surface area contributed by atoms with Gasteiger partial charge in [0, 0.05) is 10.8 Å². The molecular formula is C17H22OS. The van der Waals surface area contributed by atoms with Gasteiger partial charge in [0.25, 0.3) is 0 Å². The lowest BCUT2D eigenvalue weighted by Crippen LogP contribution is -2.15. The molecule has 2 aliphatic carbocycles. The van der Waals surface area contributed by atoms with Gasteiger partial charge in [0.05, 0.1) is 5.75 Å². The summed E-state index contributed by atoms with van der Waals surface area (Å²) < 4.78 is 0. The lowest BCUT2D eigenvalue weighted by atomic mass is 9.78. The molecule has 2 aliphatic rings. The maximum Gasteiger partial charge on any atom is 0.173 e. The number of benzene rings is 1. The predicted molar refractivity (Wildman–Crippen MR) is 82.1 cm³/mol. The minimum Gasteiger partial charge on any atom is -0.293 e. The zero-order valence-electron chi connectivity index (χ0n) is 11.4. The Bertz CT molecular complexity index is 444. The molecule has 0 unspecified atom stereocenters. The van der Waals surface area contributed by atoms with E-state index < -0.39 is 0 Å². The highest BCUT2D eigenvalue weighted by Gasteiger charge is 2.24. The average Bonchev–Trinajstić information content (AvgIpc) is 2.88. The quantitative estimate of drug-likeness (QED) is 0.717. The van der Waals surface area contributed by atoms with Crippen LogP contribution in [0.1, 0.15) is 66.8 Å². The van der Waals surface area contributed by atoms with Gasteiger partial charge in [-0.15, -0.1) is 0 Å².